The molecule has 0 saturated heterocycles. The summed E-state index contributed by atoms with van der Waals surface area (Å²) < 4.78 is 2.34. The van der Waals surface area contributed by atoms with Crippen molar-refractivity contribution >= 4 is 38.9 Å². The van der Waals surface area contributed by atoms with Crippen LogP contribution in [-0.2, 0) is 5.41 Å². The SMILES string of the molecule is c1ccc(-n2c3ccncc3c3cc(N4c5ccccc5C(c5ccccc5)(c5ccccc5)c5ccccc54)ccc32)cc1. The fourth-order valence-electron chi connectivity index (χ4n) is 7.54. The maximum atomic E-state index is 4.54. The number of anilines is 3. The van der Waals surface area contributed by atoms with Gasteiger partial charge in [0, 0.05) is 34.5 Å². The van der Waals surface area contributed by atoms with Gasteiger partial charge in [-0.15, -0.1) is 0 Å². The lowest BCUT2D eigenvalue weighted by molar-refractivity contribution is 0.731. The van der Waals surface area contributed by atoms with Gasteiger partial charge in [0.15, 0.2) is 0 Å². The molecule has 0 aliphatic carbocycles. The second kappa shape index (κ2) is 10.1. The zero-order valence-electron chi connectivity index (χ0n) is 24.6. The van der Waals surface area contributed by atoms with Crippen LogP contribution in [0.5, 0.6) is 0 Å². The second-order valence-electron chi connectivity index (χ2n) is 11.6. The lowest BCUT2D eigenvalue weighted by Crippen LogP contribution is -2.37. The Hall–Kier alpha value is -5.93. The van der Waals surface area contributed by atoms with Crippen LogP contribution in [0.2, 0.25) is 0 Å². The van der Waals surface area contributed by atoms with Gasteiger partial charge in [0.2, 0.25) is 0 Å². The topological polar surface area (TPSA) is 21.1 Å². The third kappa shape index (κ3) is 3.68. The van der Waals surface area contributed by atoms with Gasteiger partial charge in [-0.1, -0.05) is 115 Å². The molecule has 3 heteroatoms. The summed E-state index contributed by atoms with van der Waals surface area (Å²) in [6, 6.07) is 59.3. The van der Waals surface area contributed by atoms with Crippen molar-refractivity contribution in [1.82, 2.24) is 9.55 Å². The quantitative estimate of drug-likeness (QED) is 0.208. The molecule has 2 aromatic heterocycles. The molecule has 1 aliphatic heterocycles. The van der Waals surface area contributed by atoms with Gasteiger partial charge in [0.1, 0.15) is 0 Å². The molecule has 9 rings (SSSR count). The summed E-state index contributed by atoms with van der Waals surface area (Å²) in [5, 5.41) is 2.32. The Morgan fingerprint density at radius 1 is 0.444 bits per heavy atom. The third-order valence-corrected chi connectivity index (χ3v) is 9.33. The van der Waals surface area contributed by atoms with Crippen LogP contribution in [-0.4, -0.2) is 9.55 Å². The van der Waals surface area contributed by atoms with Gasteiger partial charge in [0.05, 0.1) is 27.8 Å². The number of nitrogens with zero attached hydrogens (tertiary/aromatic N) is 3. The molecule has 1 aliphatic rings. The first kappa shape index (κ1) is 25.6. The molecule has 3 nitrogen and oxygen atoms in total. The summed E-state index contributed by atoms with van der Waals surface area (Å²) >= 11 is 0. The first-order chi connectivity index (χ1) is 22.4. The number of fused-ring (bicyclic) bond motifs is 5. The van der Waals surface area contributed by atoms with E-state index in [1.807, 2.05) is 12.4 Å². The van der Waals surface area contributed by atoms with E-state index in [0.29, 0.717) is 0 Å². The maximum absolute atomic E-state index is 4.54. The molecule has 3 heterocycles. The monoisotopic (exact) mass is 575 g/mol. The minimum atomic E-state index is -0.483. The molecular formula is C42H29N3. The summed E-state index contributed by atoms with van der Waals surface area (Å²) in [5.41, 5.74) is 11.5. The van der Waals surface area contributed by atoms with Crippen molar-refractivity contribution in [3.05, 3.63) is 198 Å². The molecule has 212 valence electrons. The van der Waals surface area contributed by atoms with E-state index in [1.54, 1.807) is 0 Å². The minimum Gasteiger partial charge on any atom is -0.310 e. The van der Waals surface area contributed by atoms with E-state index < -0.39 is 5.41 Å². The molecule has 0 N–H and O–H groups in total. The molecule has 0 amide bonds. The average Bonchev–Trinajstić information content (AvgIpc) is 3.45. The Balaban J connectivity index is 1.34. The van der Waals surface area contributed by atoms with Crippen LogP contribution in [0.4, 0.5) is 17.1 Å². The van der Waals surface area contributed by atoms with Crippen LogP contribution in [0, 0.1) is 0 Å². The van der Waals surface area contributed by atoms with Crippen molar-refractivity contribution < 1.29 is 0 Å². The molecule has 0 saturated carbocycles. The van der Waals surface area contributed by atoms with E-state index in [2.05, 4.69) is 178 Å². The van der Waals surface area contributed by atoms with Crippen molar-refractivity contribution in [2.75, 3.05) is 4.90 Å². The predicted molar refractivity (Wildman–Crippen MR) is 185 cm³/mol. The highest BCUT2D eigenvalue weighted by Gasteiger charge is 2.46. The first-order valence-corrected chi connectivity index (χ1v) is 15.4. The molecule has 45 heavy (non-hydrogen) atoms. The van der Waals surface area contributed by atoms with Crippen LogP contribution in [0.3, 0.4) is 0 Å². The van der Waals surface area contributed by atoms with Crippen molar-refractivity contribution in [3.63, 3.8) is 0 Å². The van der Waals surface area contributed by atoms with Crippen LogP contribution in [0.25, 0.3) is 27.5 Å². The zero-order chi connectivity index (χ0) is 29.8. The summed E-state index contributed by atoms with van der Waals surface area (Å²) in [6.45, 7) is 0. The number of hydrogen-bond acceptors (Lipinski definition) is 2. The number of aromatic nitrogens is 2. The number of rotatable bonds is 4. The Kier molecular flexibility index (Phi) is 5.72. The van der Waals surface area contributed by atoms with Crippen molar-refractivity contribution in [2.45, 2.75) is 5.41 Å². The maximum Gasteiger partial charge on any atom is 0.0742 e. The molecule has 0 spiro atoms. The number of para-hydroxylation sites is 3. The highest BCUT2D eigenvalue weighted by atomic mass is 15.2. The van der Waals surface area contributed by atoms with Gasteiger partial charge in [-0.2, -0.15) is 0 Å². The molecule has 0 bridgehead atoms. The van der Waals surface area contributed by atoms with Gasteiger partial charge in [-0.25, -0.2) is 0 Å². The smallest absolute Gasteiger partial charge is 0.0742 e. The molecule has 6 aromatic carbocycles. The van der Waals surface area contributed by atoms with Gasteiger partial charge in [0.25, 0.3) is 0 Å². The highest BCUT2D eigenvalue weighted by Crippen LogP contribution is 2.57. The normalized spacial score (nSPS) is 13.5. The van der Waals surface area contributed by atoms with E-state index in [9.17, 15) is 0 Å². The van der Waals surface area contributed by atoms with Crippen LogP contribution in [0.1, 0.15) is 22.3 Å². The number of hydrogen-bond donors (Lipinski definition) is 0. The molecular weight excluding hydrogens is 546 g/mol. The number of benzene rings is 6. The Labute approximate surface area is 262 Å². The van der Waals surface area contributed by atoms with E-state index >= 15 is 0 Å². The summed E-state index contributed by atoms with van der Waals surface area (Å²) in [4.78, 5) is 6.98. The lowest BCUT2D eigenvalue weighted by Gasteiger charge is -2.46. The van der Waals surface area contributed by atoms with Crippen LogP contribution in [0.15, 0.2) is 176 Å². The fourth-order valence-corrected chi connectivity index (χ4v) is 7.54. The van der Waals surface area contributed by atoms with Crippen molar-refractivity contribution in [1.29, 1.82) is 0 Å². The van der Waals surface area contributed by atoms with Gasteiger partial charge < -0.3 is 9.47 Å². The van der Waals surface area contributed by atoms with E-state index in [1.165, 1.54) is 39.0 Å². The molecule has 0 unspecified atom stereocenters. The molecule has 0 radical (unpaired) electrons. The van der Waals surface area contributed by atoms with Gasteiger partial charge in [-0.05, 0) is 70.8 Å². The minimum absolute atomic E-state index is 0.483. The summed E-state index contributed by atoms with van der Waals surface area (Å²) in [5.74, 6) is 0. The number of pyridine rings is 1. The Morgan fingerprint density at radius 2 is 0.978 bits per heavy atom. The predicted octanol–water partition coefficient (Wildman–Crippen LogP) is 10.3. The Morgan fingerprint density at radius 3 is 1.60 bits per heavy atom. The van der Waals surface area contributed by atoms with Gasteiger partial charge >= 0.3 is 0 Å². The van der Waals surface area contributed by atoms with Gasteiger partial charge in [-0.3, -0.25) is 4.98 Å². The average molecular weight is 576 g/mol. The Bertz CT molecular complexity index is 2230. The highest BCUT2D eigenvalue weighted by molar-refractivity contribution is 6.10. The lowest BCUT2D eigenvalue weighted by atomic mass is 9.62. The standard InChI is InChI=1S/C42H29N3/c1-4-14-30(15-5-1)42(31-16-6-2-7-17-31)36-20-10-12-22-40(36)45(41-23-13-11-21-37(41)42)33-24-25-38-34(28-33)35-29-43-27-26-39(35)44(38)32-18-8-3-9-19-32/h1-29H. The van der Waals surface area contributed by atoms with Crippen LogP contribution < -0.4 is 4.90 Å². The van der Waals surface area contributed by atoms with Crippen molar-refractivity contribution in [2.24, 2.45) is 0 Å². The molecule has 0 fully saturated rings. The third-order valence-electron chi connectivity index (χ3n) is 9.33. The molecule has 8 aromatic rings. The van der Waals surface area contributed by atoms with E-state index in [-0.39, 0.29) is 0 Å². The van der Waals surface area contributed by atoms with E-state index in [0.717, 1.165) is 27.8 Å². The fraction of sp³-hybridized carbons (Fsp3) is 0.0238. The van der Waals surface area contributed by atoms with E-state index in [4.69, 9.17) is 0 Å². The summed E-state index contributed by atoms with van der Waals surface area (Å²) in [6.07, 6.45) is 3.88. The first-order valence-electron chi connectivity index (χ1n) is 15.4. The summed E-state index contributed by atoms with van der Waals surface area (Å²) in [7, 11) is 0. The molecule has 0 atom stereocenters. The largest absolute Gasteiger partial charge is 0.310 e. The zero-order valence-corrected chi connectivity index (χ0v) is 24.6. The van der Waals surface area contributed by atoms with Crippen LogP contribution >= 0.6 is 0 Å². The second-order valence-corrected chi connectivity index (χ2v) is 11.6. The van der Waals surface area contributed by atoms with Crippen molar-refractivity contribution in [3.8, 4) is 5.69 Å².